The van der Waals surface area contributed by atoms with E-state index in [4.69, 9.17) is 9.84 Å². The summed E-state index contributed by atoms with van der Waals surface area (Å²) in [6.07, 6.45) is 0.526. The Morgan fingerprint density at radius 1 is 1.28 bits per heavy atom. The first-order valence-corrected chi connectivity index (χ1v) is 6.51. The van der Waals surface area contributed by atoms with Gasteiger partial charge in [-0.05, 0) is 39.0 Å². The van der Waals surface area contributed by atoms with Crippen LogP contribution in [0.25, 0.3) is 0 Å². The van der Waals surface area contributed by atoms with Crippen molar-refractivity contribution in [3.05, 3.63) is 0 Å². The number of nitrogens with zero attached hydrogens (tertiary/aromatic N) is 1. The van der Waals surface area contributed by atoms with Gasteiger partial charge in [-0.2, -0.15) is 0 Å². The molecule has 0 aromatic rings. The van der Waals surface area contributed by atoms with Gasteiger partial charge in [-0.3, -0.25) is 4.79 Å². The van der Waals surface area contributed by atoms with Gasteiger partial charge < -0.3 is 14.7 Å². The number of carbonyl (C=O) groups excluding carboxylic acids is 1. The van der Waals surface area contributed by atoms with Crippen molar-refractivity contribution in [2.75, 3.05) is 6.54 Å². The van der Waals surface area contributed by atoms with Crippen molar-refractivity contribution in [2.24, 2.45) is 5.92 Å². The fraction of sp³-hybridized carbons (Fsp3) is 0.846. The summed E-state index contributed by atoms with van der Waals surface area (Å²) in [6, 6.07) is 0. The summed E-state index contributed by atoms with van der Waals surface area (Å²) in [4.78, 5) is 25.1. The first-order valence-electron chi connectivity index (χ1n) is 6.51. The molecule has 1 amide bonds. The summed E-state index contributed by atoms with van der Waals surface area (Å²) in [6.45, 7) is 6.98. The van der Waals surface area contributed by atoms with Crippen LogP contribution in [0.5, 0.6) is 0 Å². The lowest BCUT2D eigenvalue weighted by atomic mass is 9.97. The van der Waals surface area contributed by atoms with E-state index in [0.717, 1.165) is 13.0 Å². The quantitative estimate of drug-likeness (QED) is 0.806. The molecule has 2 saturated heterocycles. The molecule has 2 aliphatic heterocycles. The summed E-state index contributed by atoms with van der Waals surface area (Å²) in [7, 11) is 0. The van der Waals surface area contributed by atoms with Crippen molar-refractivity contribution in [3.8, 4) is 0 Å². The van der Waals surface area contributed by atoms with Crippen molar-refractivity contribution >= 4 is 11.9 Å². The SMILES string of the molecule is CC1CN(C(=O)[C@@H]2CC[C@H](C(=O)O)O2)C(C)(C)C1. The first kappa shape index (κ1) is 13.3. The van der Waals surface area contributed by atoms with Crippen LogP contribution in [0, 0.1) is 5.92 Å². The molecule has 0 aliphatic carbocycles. The molecular weight excluding hydrogens is 234 g/mol. The second-order valence-electron chi connectivity index (χ2n) is 6.10. The Hall–Kier alpha value is -1.10. The number of amides is 1. The zero-order chi connectivity index (χ0) is 13.5. The van der Waals surface area contributed by atoms with E-state index in [2.05, 4.69) is 20.8 Å². The van der Waals surface area contributed by atoms with Crippen molar-refractivity contribution < 1.29 is 19.4 Å². The lowest BCUT2D eigenvalue weighted by molar-refractivity contribution is -0.156. The highest BCUT2D eigenvalue weighted by Gasteiger charge is 2.44. The van der Waals surface area contributed by atoms with Crippen LogP contribution in [0.3, 0.4) is 0 Å². The van der Waals surface area contributed by atoms with Gasteiger partial charge in [0.15, 0.2) is 6.10 Å². The van der Waals surface area contributed by atoms with Gasteiger partial charge >= 0.3 is 5.97 Å². The van der Waals surface area contributed by atoms with Crippen LogP contribution in [0.1, 0.15) is 40.0 Å². The van der Waals surface area contributed by atoms with Gasteiger partial charge in [-0.15, -0.1) is 0 Å². The summed E-state index contributed by atoms with van der Waals surface area (Å²) in [5, 5.41) is 8.87. The molecule has 0 radical (unpaired) electrons. The van der Waals surface area contributed by atoms with Crippen molar-refractivity contribution in [2.45, 2.75) is 57.8 Å². The lowest BCUT2D eigenvalue weighted by Crippen LogP contribution is -2.47. The van der Waals surface area contributed by atoms with Crippen molar-refractivity contribution in [3.63, 3.8) is 0 Å². The Morgan fingerprint density at radius 3 is 2.33 bits per heavy atom. The molecule has 2 fully saturated rings. The van der Waals surface area contributed by atoms with Crippen LogP contribution >= 0.6 is 0 Å². The third-order valence-corrected chi connectivity index (χ3v) is 3.91. The Morgan fingerprint density at radius 2 is 1.89 bits per heavy atom. The zero-order valence-electron chi connectivity index (χ0n) is 11.2. The topological polar surface area (TPSA) is 66.8 Å². The Kier molecular flexibility index (Phi) is 3.36. The Labute approximate surface area is 107 Å². The molecule has 2 rings (SSSR count). The molecule has 5 heteroatoms. The third-order valence-electron chi connectivity index (χ3n) is 3.91. The molecule has 0 aromatic heterocycles. The van der Waals surface area contributed by atoms with Gasteiger partial charge in [0.2, 0.25) is 0 Å². The molecule has 102 valence electrons. The van der Waals surface area contributed by atoms with Gasteiger partial charge in [0, 0.05) is 12.1 Å². The minimum atomic E-state index is -0.973. The number of carbonyl (C=O) groups is 2. The molecule has 2 heterocycles. The van der Waals surface area contributed by atoms with E-state index in [0.29, 0.717) is 18.8 Å². The first-order chi connectivity index (χ1) is 8.31. The fourth-order valence-corrected chi connectivity index (χ4v) is 3.15. The molecule has 3 atom stereocenters. The monoisotopic (exact) mass is 255 g/mol. The van der Waals surface area contributed by atoms with Gasteiger partial charge in [-0.1, -0.05) is 6.92 Å². The average molecular weight is 255 g/mol. The smallest absolute Gasteiger partial charge is 0.332 e. The number of carboxylic acid groups (broad SMARTS) is 1. The highest BCUT2D eigenvalue weighted by Crippen LogP contribution is 2.34. The highest BCUT2D eigenvalue weighted by molar-refractivity contribution is 5.83. The summed E-state index contributed by atoms with van der Waals surface area (Å²) in [5.41, 5.74) is -0.152. The largest absolute Gasteiger partial charge is 0.479 e. The van der Waals surface area contributed by atoms with E-state index in [-0.39, 0.29) is 11.4 Å². The molecular formula is C13H21NO4. The van der Waals surface area contributed by atoms with E-state index in [9.17, 15) is 9.59 Å². The zero-order valence-corrected chi connectivity index (χ0v) is 11.2. The van der Waals surface area contributed by atoms with Crippen LogP contribution in [-0.4, -0.2) is 46.2 Å². The molecule has 0 spiro atoms. The minimum Gasteiger partial charge on any atom is -0.479 e. The van der Waals surface area contributed by atoms with Crippen LogP contribution in [0.2, 0.25) is 0 Å². The van der Waals surface area contributed by atoms with Gasteiger partial charge in [0.25, 0.3) is 5.91 Å². The van der Waals surface area contributed by atoms with Gasteiger partial charge in [0.05, 0.1) is 0 Å². The molecule has 5 nitrogen and oxygen atoms in total. The second kappa shape index (κ2) is 4.53. The summed E-state index contributed by atoms with van der Waals surface area (Å²) >= 11 is 0. The van der Waals surface area contributed by atoms with Crippen molar-refractivity contribution in [1.82, 2.24) is 4.90 Å². The molecule has 0 bridgehead atoms. The van der Waals surface area contributed by atoms with Gasteiger partial charge in [-0.25, -0.2) is 4.79 Å². The Bertz CT molecular complexity index is 366. The van der Waals surface area contributed by atoms with E-state index in [1.807, 2.05) is 4.90 Å². The van der Waals surface area contributed by atoms with Crippen LogP contribution in [0.15, 0.2) is 0 Å². The number of rotatable bonds is 2. The summed E-state index contributed by atoms with van der Waals surface area (Å²) < 4.78 is 5.33. The maximum Gasteiger partial charge on any atom is 0.332 e. The predicted molar refractivity (Wildman–Crippen MR) is 65.1 cm³/mol. The second-order valence-corrected chi connectivity index (χ2v) is 6.10. The molecule has 0 aromatic carbocycles. The molecule has 18 heavy (non-hydrogen) atoms. The lowest BCUT2D eigenvalue weighted by Gasteiger charge is -2.33. The van der Waals surface area contributed by atoms with E-state index < -0.39 is 18.2 Å². The molecule has 1 N–H and O–H groups in total. The number of ether oxygens (including phenoxy) is 1. The van der Waals surface area contributed by atoms with Crippen LogP contribution < -0.4 is 0 Å². The number of hydrogen-bond donors (Lipinski definition) is 1. The third kappa shape index (κ3) is 2.36. The van der Waals surface area contributed by atoms with Crippen LogP contribution in [-0.2, 0) is 14.3 Å². The molecule has 1 unspecified atom stereocenters. The van der Waals surface area contributed by atoms with E-state index in [1.54, 1.807) is 0 Å². The highest BCUT2D eigenvalue weighted by atomic mass is 16.5. The fourth-order valence-electron chi connectivity index (χ4n) is 3.15. The predicted octanol–water partition coefficient (Wildman–Crippen LogP) is 1.27. The number of hydrogen-bond acceptors (Lipinski definition) is 3. The number of aliphatic carboxylic acids is 1. The standard InChI is InChI=1S/C13H21NO4/c1-8-6-13(2,3)14(7-8)11(15)9-4-5-10(18-9)12(16)17/h8-10H,4-7H2,1-3H3,(H,16,17)/t8?,9-,10+/m0/s1. The van der Waals surface area contributed by atoms with Crippen LogP contribution in [0.4, 0.5) is 0 Å². The minimum absolute atomic E-state index is 0.0481. The van der Waals surface area contributed by atoms with Gasteiger partial charge in [0.1, 0.15) is 6.10 Å². The number of carboxylic acids is 1. The van der Waals surface area contributed by atoms with E-state index >= 15 is 0 Å². The Balaban J connectivity index is 2.03. The molecule has 2 aliphatic rings. The van der Waals surface area contributed by atoms with E-state index in [1.165, 1.54) is 0 Å². The maximum absolute atomic E-state index is 12.4. The summed E-state index contributed by atoms with van der Waals surface area (Å²) in [5.74, 6) is -0.534. The normalized spacial score (nSPS) is 34.8. The number of likely N-dealkylation sites (tertiary alicyclic amines) is 1. The average Bonchev–Trinajstić information content (AvgIpc) is 2.81. The maximum atomic E-state index is 12.4. The molecule has 0 saturated carbocycles. The van der Waals surface area contributed by atoms with Crippen molar-refractivity contribution in [1.29, 1.82) is 0 Å².